The number of aliphatic hydroxyl groups excluding tert-OH is 1. The lowest BCUT2D eigenvalue weighted by Gasteiger charge is -2.20. The highest BCUT2D eigenvalue weighted by molar-refractivity contribution is 5.78. The van der Waals surface area contributed by atoms with E-state index in [-0.39, 0.29) is 0 Å². The molecule has 3 rings (SSSR count). The van der Waals surface area contributed by atoms with Crippen LogP contribution in [0.2, 0.25) is 0 Å². The highest BCUT2D eigenvalue weighted by atomic mass is 16.8. The van der Waals surface area contributed by atoms with Crippen LogP contribution in [-0.4, -0.2) is 47.6 Å². The highest BCUT2D eigenvalue weighted by Gasteiger charge is 2.62. The summed E-state index contributed by atoms with van der Waals surface area (Å²) in [6.45, 7) is 3.52. The Morgan fingerprint density at radius 2 is 1.93 bits per heavy atom. The molecule has 1 N–H and O–H groups in total. The number of hydrogen-bond donors (Lipinski definition) is 1. The molecule has 0 aromatic carbocycles. The van der Waals surface area contributed by atoms with Crippen LogP contribution >= 0.6 is 0 Å². The standard InChI is InChI=1S/C9H12O6/c1-9(2)14-6-5-4(13-8(6)15-9)3(10)7(11)12-5/h3-6,8,10H,1-2H3/t3-,4+,5?,6-,8+/m0/s1. The largest absolute Gasteiger partial charge is 0.454 e. The molecule has 0 bridgehead atoms. The number of rotatable bonds is 0. The Hall–Kier alpha value is -0.690. The van der Waals surface area contributed by atoms with Crippen molar-refractivity contribution < 1.29 is 28.8 Å². The molecule has 5 atom stereocenters. The summed E-state index contributed by atoms with van der Waals surface area (Å²) in [5, 5.41) is 9.44. The second-order valence-electron chi connectivity index (χ2n) is 4.42. The van der Waals surface area contributed by atoms with Gasteiger partial charge in [-0.05, 0) is 13.8 Å². The van der Waals surface area contributed by atoms with Crippen LogP contribution in [0, 0.1) is 0 Å². The number of carbonyl (C=O) groups excluding carboxylic acids is 1. The fourth-order valence-electron chi connectivity index (χ4n) is 2.23. The lowest BCUT2D eigenvalue weighted by molar-refractivity contribution is -0.214. The van der Waals surface area contributed by atoms with Crippen molar-refractivity contribution in [3.8, 4) is 0 Å². The maximum Gasteiger partial charge on any atom is 0.338 e. The summed E-state index contributed by atoms with van der Waals surface area (Å²) in [6.07, 6.45) is -3.44. The zero-order valence-corrected chi connectivity index (χ0v) is 8.38. The van der Waals surface area contributed by atoms with Crippen LogP contribution in [0.5, 0.6) is 0 Å². The van der Waals surface area contributed by atoms with Gasteiger partial charge in [0.25, 0.3) is 0 Å². The number of fused-ring (bicyclic) bond motifs is 3. The highest BCUT2D eigenvalue weighted by Crippen LogP contribution is 2.42. The van der Waals surface area contributed by atoms with E-state index in [0.29, 0.717) is 0 Å². The molecule has 1 unspecified atom stereocenters. The fourth-order valence-corrected chi connectivity index (χ4v) is 2.23. The lowest BCUT2D eigenvalue weighted by Crippen LogP contribution is -2.35. The van der Waals surface area contributed by atoms with Crippen LogP contribution in [0.4, 0.5) is 0 Å². The van der Waals surface area contributed by atoms with Gasteiger partial charge in [0.1, 0.15) is 6.10 Å². The van der Waals surface area contributed by atoms with E-state index in [1.54, 1.807) is 13.8 Å². The number of ether oxygens (including phenoxy) is 4. The topological polar surface area (TPSA) is 74.2 Å². The second kappa shape index (κ2) is 2.70. The van der Waals surface area contributed by atoms with Crippen LogP contribution < -0.4 is 0 Å². The number of hydrogen-bond acceptors (Lipinski definition) is 6. The van der Waals surface area contributed by atoms with Crippen LogP contribution in [-0.2, 0) is 23.7 Å². The molecule has 0 amide bonds. The second-order valence-corrected chi connectivity index (χ2v) is 4.42. The van der Waals surface area contributed by atoms with E-state index in [1.165, 1.54) is 0 Å². The van der Waals surface area contributed by atoms with Gasteiger partial charge in [-0.3, -0.25) is 0 Å². The Morgan fingerprint density at radius 3 is 2.67 bits per heavy atom. The van der Waals surface area contributed by atoms with Crippen molar-refractivity contribution in [1.82, 2.24) is 0 Å². The average molecular weight is 216 g/mol. The van der Waals surface area contributed by atoms with E-state index in [2.05, 4.69) is 0 Å². The third-order valence-corrected chi connectivity index (χ3v) is 2.83. The van der Waals surface area contributed by atoms with E-state index in [9.17, 15) is 9.90 Å². The summed E-state index contributed by atoms with van der Waals surface area (Å²) in [5.74, 6) is -1.39. The van der Waals surface area contributed by atoms with Crippen molar-refractivity contribution in [1.29, 1.82) is 0 Å². The minimum absolute atomic E-state index is 0.439. The molecular formula is C9H12O6. The predicted octanol–water partition coefficient (Wildman–Crippen LogP) is -0.851. The third-order valence-electron chi connectivity index (χ3n) is 2.83. The van der Waals surface area contributed by atoms with E-state index < -0.39 is 42.5 Å². The number of esters is 1. The van der Waals surface area contributed by atoms with Gasteiger partial charge >= 0.3 is 5.97 Å². The first-order valence-electron chi connectivity index (χ1n) is 4.88. The molecule has 3 fully saturated rings. The molecule has 0 saturated carbocycles. The van der Waals surface area contributed by atoms with Crippen LogP contribution in [0.1, 0.15) is 13.8 Å². The maximum absolute atomic E-state index is 11.1. The maximum atomic E-state index is 11.1. The van der Waals surface area contributed by atoms with Gasteiger partial charge in [-0.2, -0.15) is 0 Å². The molecule has 3 aliphatic heterocycles. The van der Waals surface area contributed by atoms with Crippen LogP contribution in [0.3, 0.4) is 0 Å². The Morgan fingerprint density at radius 1 is 1.20 bits per heavy atom. The van der Waals surface area contributed by atoms with Crippen molar-refractivity contribution in [2.24, 2.45) is 0 Å². The quantitative estimate of drug-likeness (QED) is 0.532. The molecule has 15 heavy (non-hydrogen) atoms. The third kappa shape index (κ3) is 1.22. The van der Waals surface area contributed by atoms with Gasteiger partial charge in [0.2, 0.25) is 0 Å². The first-order valence-corrected chi connectivity index (χ1v) is 4.88. The Balaban J connectivity index is 1.83. The van der Waals surface area contributed by atoms with Gasteiger partial charge in [-0.1, -0.05) is 0 Å². The summed E-state index contributed by atoms with van der Waals surface area (Å²) in [7, 11) is 0. The summed E-state index contributed by atoms with van der Waals surface area (Å²) < 4.78 is 21.4. The molecule has 6 nitrogen and oxygen atoms in total. The molecule has 0 spiro atoms. The molecule has 0 aliphatic carbocycles. The molecular weight excluding hydrogens is 204 g/mol. The Labute approximate surface area is 86.1 Å². The van der Waals surface area contributed by atoms with Crippen molar-refractivity contribution >= 4 is 5.97 Å². The van der Waals surface area contributed by atoms with Crippen LogP contribution in [0.15, 0.2) is 0 Å². The van der Waals surface area contributed by atoms with Crippen molar-refractivity contribution in [3.63, 3.8) is 0 Å². The molecule has 84 valence electrons. The zero-order chi connectivity index (χ0) is 10.8. The number of aliphatic hydroxyl groups is 1. The summed E-state index contributed by atoms with van der Waals surface area (Å²) in [4.78, 5) is 11.1. The molecule has 3 saturated heterocycles. The predicted molar refractivity (Wildman–Crippen MR) is 44.6 cm³/mol. The van der Waals surface area contributed by atoms with Crippen LogP contribution in [0.25, 0.3) is 0 Å². The summed E-state index contributed by atoms with van der Waals surface area (Å²) in [6, 6.07) is 0. The minimum atomic E-state index is -1.23. The first-order chi connectivity index (χ1) is 6.98. The van der Waals surface area contributed by atoms with E-state index in [0.717, 1.165) is 0 Å². The van der Waals surface area contributed by atoms with E-state index >= 15 is 0 Å². The van der Waals surface area contributed by atoms with Gasteiger partial charge in [-0.25, -0.2) is 4.79 Å². The molecule has 3 aliphatic rings. The smallest absolute Gasteiger partial charge is 0.338 e. The van der Waals surface area contributed by atoms with Gasteiger partial charge in [0, 0.05) is 0 Å². The van der Waals surface area contributed by atoms with Gasteiger partial charge in [0.05, 0.1) is 0 Å². The van der Waals surface area contributed by atoms with E-state index in [4.69, 9.17) is 18.9 Å². The molecule has 6 heteroatoms. The Bertz CT molecular complexity index is 314. The molecule has 0 aromatic rings. The van der Waals surface area contributed by atoms with Gasteiger partial charge in [0.15, 0.2) is 30.4 Å². The Kier molecular flexibility index (Phi) is 1.72. The van der Waals surface area contributed by atoms with Gasteiger partial charge in [-0.15, -0.1) is 0 Å². The normalized spacial score (nSPS) is 51.4. The zero-order valence-electron chi connectivity index (χ0n) is 8.38. The van der Waals surface area contributed by atoms with Gasteiger partial charge < -0.3 is 24.1 Å². The average Bonchev–Trinajstić information content (AvgIpc) is 2.66. The monoisotopic (exact) mass is 216 g/mol. The SMILES string of the molecule is CC1(C)O[C@H]2O[C@H]3C(OC(=O)[C@H]3O)[C@@H]2O1. The van der Waals surface area contributed by atoms with Crippen molar-refractivity contribution in [3.05, 3.63) is 0 Å². The summed E-state index contributed by atoms with van der Waals surface area (Å²) in [5.41, 5.74) is 0. The molecule has 3 heterocycles. The first kappa shape index (κ1) is 9.53. The van der Waals surface area contributed by atoms with Crippen molar-refractivity contribution in [2.45, 2.75) is 50.3 Å². The van der Waals surface area contributed by atoms with E-state index in [1.807, 2.05) is 0 Å². The van der Waals surface area contributed by atoms with Crippen molar-refractivity contribution in [2.75, 3.05) is 0 Å². The number of carbonyl (C=O) groups is 1. The minimum Gasteiger partial charge on any atom is -0.454 e. The fraction of sp³-hybridized carbons (Fsp3) is 0.889. The molecule has 0 aromatic heterocycles. The molecule has 0 radical (unpaired) electrons. The summed E-state index contributed by atoms with van der Waals surface area (Å²) >= 11 is 0. The lowest BCUT2D eigenvalue weighted by atomic mass is 10.1.